The van der Waals surface area contributed by atoms with Gasteiger partial charge in [0, 0.05) is 6.04 Å². The molecule has 0 saturated heterocycles. The average Bonchev–Trinajstić information content (AvgIpc) is 2.84. The number of benzene rings is 1. The molecule has 3 N–H and O–H groups in total. The monoisotopic (exact) mass is 258 g/mol. The Labute approximate surface area is 116 Å². The van der Waals surface area contributed by atoms with E-state index in [9.17, 15) is 0 Å². The summed E-state index contributed by atoms with van der Waals surface area (Å²) in [7, 11) is 0. The quantitative estimate of drug-likeness (QED) is 0.643. The summed E-state index contributed by atoms with van der Waals surface area (Å²) in [5, 5.41) is 0. The number of rotatable bonds is 3. The SMILES string of the molecule is CC(C)(C)c1ccc(C(NN)C2C3CCCC32)cc1. The third kappa shape index (κ3) is 2.32. The first-order chi connectivity index (χ1) is 9.02. The van der Waals surface area contributed by atoms with E-state index in [0.717, 1.165) is 17.8 Å². The van der Waals surface area contributed by atoms with Crippen molar-refractivity contribution in [3.63, 3.8) is 0 Å². The Balaban J connectivity index is 1.77. The Morgan fingerprint density at radius 2 is 1.68 bits per heavy atom. The van der Waals surface area contributed by atoms with Gasteiger partial charge < -0.3 is 0 Å². The minimum absolute atomic E-state index is 0.222. The van der Waals surface area contributed by atoms with Gasteiger partial charge in [0.2, 0.25) is 0 Å². The number of nitrogens with two attached hydrogens (primary N) is 1. The van der Waals surface area contributed by atoms with Crippen LogP contribution in [0.4, 0.5) is 0 Å². The third-order valence-electron chi connectivity index (χ3n) is 5.17. The molecule has 0 spiro atoms. The van der Waals surface area contributed by atoms with Gasteiger partial charge in [-0.2, -0.15) is 0 Å². The fraction of sp³-hybridized carbons (Fsp3) is 0.647. The Morgan fingerprint density at radius 1 is 1.11 bits per heavy atom. The third-order valence-corrected chi connectivity index (χ3v) is 5.17. The van der Waals surface area contributed by atoms with Crippen molar-refractivity contribution in [1.82, 2.24) is 5.43 Å². The molecular formula is C17H26N2. The first kappa shape index (κ1) is 13.1. The van der Waals surface area contributed by atoms with Gasteiger partial charge in [0.15, 0.2) is 0 Å². The number of hydrazine groups is 1. The van der Waals surface area contributed by atoms with Gasteiger partial charge in [-0.15, -0.1) is 0 Å². The Morgan fingerprint density at radius 3 is 2.16 bits per heavy atom. The second-order valence-corrected chi connectivity index (χ2v) is 7.35. The van der Waals surface area contributed by atoms with Crippen LogP contribution in [0.5, 0.6) is 0 Å². The average molecular weight is 258 g/mol. The Kier molecular flexibility index (Phi) is 3.18. The molecule has 3 atom stereocenters. The van der Waals surface area contributed by atoms with E-state index in [1.54, 1.807) is 0 Å². The summed E-state index contributed by atoms with van der Waals surface area (Å²) in [6.07, 6.45) is 4.24. The molecule has 0 heterocycles. The van der Waals surface area contributed by atoms with Gasteiger partial charge in [-0.3, -0.25) is 11.3 Å². The standard InChI is InChI=1S/C17H26N2/c1-17(2,3)12-9-7-11(8-10-12)16(19-18)15-13-5-4-6-14(13)15/h7-10,13-16,19H,4-6,18H2,1-3H3. The summed E-state index contributed by atoms with van der Waals surface area (Å²) in [5.74, 6) is 8.47. The van der Waals surface area contributed by atoms with Crippen molar-refractivity contribution < 1.29 is 0 Å². The fourth-order valence-electron chi connectivity index (χ4n) is 3.99. The van der Waals surface area contributed by atoms with Crippen molar-refractivity contribution in [2.45, 2.75) is 51.5 Å². The van der Waals surface area contributed by atoms with Gasteiger partial charge in [0.05, 0.1) is 0 Å². The predicted octanol–water partition coefficient (Wildman–Crippen LogP) is 3.53. The highest BCUT2D eigenvalue weighted by atomic mass is 15.2. The lowest BCUT2D eigenvalue weighted by molar-refractivity contribution is 0.425. The predicted molar refractivity (Wildman–Crippen MR) is 79.5 cm³/mol. The maximum absolute atomic E-state index is 5.82. The highest BCUT2D eigenvalue weighted by Crippen LogP contribution is 2.62. The number of fused-ring (bicyclic) bond motifs is 1. The van der Waals surface area contributed by atoms with Crippen molar-refractivity contribution in [1.29, 1.82) is 0 Å². The summed E-state index contributed by atoms with van der Waals surface area (Å²) in [6, 6.07) is 9.40. The first-order valence-electron chi connectivity index (χ1n) is 7.59. The number of hydrogen-bond donors (Lipinski definition) is 2. The van der Waals surface area contributed by atoms with E-state index in [2.05, 4.69) is 50.5 Å². The van der Waals surface area contributed by atoms with Gasteiger partial charge in [-0.1, -0.05) is 51.5 Å². The summed E-state index contributed by atoms with van der Waals surface area (Å²) in [4.78, 5) is 0. The van der Waals surface area contributed by atoms with Crippen LogP contribution in [-0.2, 0) is 5.41 Å². The molecule has 1 aromatic carbocycles. The molecule has 3 unspecified atom stereocenters. The largest absolute Gasteiger partial charge is 0.271 e. The molecule has 2 heteroatoms. The van der Waals surface area contributed by atoms with Gasteiger partial charge in [0.25, 0.3) is 0 Å². The van der Waals surface area contributed by atoms with Crippen molar-refractivity contribution in [3.05, 3.63) is 35.4 Å². The van der Waals surface area contributed by atoms with E-state index >= 15 is 0 Å². The van der Waals surface area contributed by atoms with E-state index in [-0.39, 0.29) is 5.41 Å². The molecule has 0 bridgehead atoms. The van der Waals surface area contributed by atoms with Crippen molar-refractivity contribution in [2.75, 3.05) is 0 Å². The maximum Gasteiger partial charge on any atom is 0.0493 e. The summed E-state index contributed by atoms with van der Waals surface area (Å²) in [6.45, 7) is 6.77. The minimum Gasteiger partial charge on any atom is -0.271 e. The summed E-state index contributed by atoms with van der Waals surface area (Å²) >= 11 is 0. The topological polar surface area (TPSA) is 38.0 Å². The van der Waals surface area contributed by atoms with Crippen LogP contribution in [0.25, 0.3) is 0 Å². The summed E-state index contributed by atoms with van der Waals surface area (Å²) in [5.41, 5.74) is 6.04. The first-order valence-corrected chi connectivity index (χ1v) is 7.59. The molecule has 2 fully saturated rings. The normalized spacial score (nSPS) is 31.1. The van der Waals surface area contributed by atoms with Gasteiger partial charge in [0.1, 0.15) is 0 Å². The number of hydrogen-bond acceptors (Lipinski definition) is 2. The van der Waals surface area contributed by atoms with E-state index in [1.807, 2.05) is 0 Å². The van der Waals surface area contributed by atoms with Crippen LogP contribution in [0.3, 0.4) is 0 Å². The number of nitrogens with one attached hydrogen (secondary N) is 1. The highest BCUT2D eigenvalue weighted by Gasteiger charge is 2.55. The molecule has 0 radical (unpaired) electrons. The molecular weight excluding hydrogens is 232 g/mol. The van der Waals surface area contributed by atoms with Gasteiger partial charge in [-0.25, -0.2) is 0 Å². The second kappa shape index (κ2) is 4.60. The molecule has 1 aromatic rings. The van der Waals surface area contributed by atoms with Crippen LogP contribution in [0.2, 0.25) is 0 Å². The van der Waals surface area contributed by atoms with Crippen molar-refractivity contribution in [2.24, 2.45) is 23.6 Å². The van der Waals surface area contributed by atoms with E-state index in [4.69, 9.17) is 5.84 Å². The van der Waals surface area contributed by atoms with Crippen LogP contribution in [0.15, 0.2) is 24.3 Å². The highest BCUT2D eigenvalue weighted by molar-refractivity contribution is 5.31. The zero-order valence-corrected chi connectivity index (χ0v) is 12.3. The molecule has 2 aliphatic carbocycles. The summed E-state index contributed by atoms with van der Waals surface area (Å²) < 4.78 is 0. The van der Waals surface area contributed by atoms with E-state index in [0.29, 0.717) is 6.04 Å². The van der Waals surface area contributed by atoms with Crippen LogP contribution < -0.4 is 11.3 Å². The van der Waals surface area contributed by atoms with Crippen molar-refractivity contribution in [3.8, 4) is 0 Å². The second-order valence-electron chi connectivity index (χ2n) is 7.35. The molecule has 0 aliphatic heterocycles. The fourth-order valence-corrected chi connectivity index (χ4v) is 3.99. The molecule has 0 amide bonds. The lowest BCUT2D eigenvalue weighted by Crippen LogP contribution is -2.30. The smallest absolute Gasteiger partial charge is 0.0493 e. The molecule has 0 aromatic heterocycles. The lowest BCUT2D eigenvalue weighted by atomic mass is 9.85. The molecule has 19 heavy (non-hydrogen) atoms. The molecule has 2 aliphatic rings. The van der Waals surface area contributed by atoms with Gasteiger partial charge >= 0.3 is 0 Å². The minimum atomic E-state index is 0.222. The Bertz CT molecular complexity index is 433. The van der Waals surface area contributed by atoms with Crippen molar-refractivity contribution >= 4 is 0 Å². The van der Waals surface area contributed by atoms with E-state index in [1.165, 1.54) is 30.4 Å². The zero-order chi connectivity index (χ0) is 13.6. The molecule has 2 saturated carbocycles. The van der Waals surface area contributed by atoms with Crippen LogP contribution in [0.1, 0.15) is 57.2 Å². The van der Waals surface area contributed by atoms with Crippen LogP contribution in [-0.4, -0.2) is 0 Å². The van der Waals surface area contributed by atoms with Crippen LogP contribution in [0, 0.1) is 17.8 Å². The maximum atomic E-state index is 5.82. The molecule has 2 nitrogen and oxygen atoms in total. The Hall–Kier alpha value is -0.860. The zero-order valence-electron chi connectivity index (χ0n) is 12.3. The molecule has 3 rings (SSSR count). The van der Waals surface area contributed by atoms with Gasteiger partial charge in [-0.05, 0) is 47.1 Å². The van der Waals surface area contributed by atoms with Crippen LogP contribution >= 0.6 is 0 Å². The van der Waals surface area contributed by atoms with E-state index < -0.39 is 0 Å². The lowest BCUT2D eigenvalue weighted by Gasteiger charge is -2.22. The molecule has 104 valence electrons.